The number of nitrogens with one attached hydrogen (secondary N) is 1. The number of ether oxygens (including phenoxy) is 1. The second-order valence-electron chi connectivity index (χ2n) is 8.70. The number of para-hydroxylation sites is 1. The molecule has 6 heteroatoms. The number of benzene rings is 1. The lowest BCUT2D eigenvalue weighted by Crippen LogP contribution is -2.34. The number of aromatic nitrogens is 1. The highest BCUT2D eigenvalue weighted by Crippen LogP contribution is 2.39. The summed E-state index contributed by atoms with van der Waals surface area (Å²) in [5.74, 6) is -3.11. The zero-order chi connectivity index (χ0) is 24.0. The average Bonchev–Trinajstić information content (AvgIpc) is 2.80. The third-order valence-corrected chi connectivity index (χ3v) is 6.05. The van der Waals surface area contributed by atoms with Gasteiger partial charge >= 0.3 is 0 Å². The minimum Gasteiger partial charge on any atom is -0.468 e. The lowest BCUT2D eigenvalue weighted by atomic mass is 9.83. The molecule has 0 fully saturated rings. The molecule has 1 amide bonds. The van der Waals surface area contributed by atoms with Crippen molar-refractivity contribution in [3.8, 4) is 0 Å². The van der Waals surface area contributed by atoms with Gasteiger partial charge in [-0.05, 0) is 57.2 Å². The monoisotopic (exact) mass is 454 g/mol. The zero-order valence-electron chi connectivity index (χ0n) is 19.5. The maximum atomic E-state index is 13.6. The van der Waals surface area contributed by atoms with Crippen LogP contribution in [0.4, 0.5) is 8.78 Å². The van der Waals surface area contributed by atoms with Crippen LogP contribution in [0.2, 0.25) is 0 Å². The van der Waals surface area contributed by atoms with Crippen LogP contribution in [0.25, 0.3) is 16.5 Å². The molecule has 1 aromatic carbocycles. The number of unbranched alkanes of at least 4 members (excludes halogenated alkanes) is 1. The molecule has 0 saturated carbocycles. The smallest absolute Gasteiger partial charge is 0.253 e. The molecule has 1 heterocycles. The first-order valence-corrected chi connectivity index (χ1v) is 11.5. The first kappa shape index (κ1) is 24.6. The minimum atomic E-state index is -2.67. The van der Waals surface area contributed by atoms with E-state index in [2.05, 4.69) is 23.8 Å². The summed E-state index contributed by atoms with van der Waals surface area (Å²) in [6.45, 7) is 8.76. The molecule has 0 spiro atoms. The SMILES string of the molecule is C=C(O/C=C\CCC)C(C)NC(=O)c1cnc2c(C3=CCC(C(C)(F)F)CC3)cccc2c1. The van der Waals surface area contributed by atoms with E-state index in [9.17, 15) is 13.6 Å². The van der Waals surface area contributed by atoms with Crippen LogP contribution in [0.3, 0.4) is 0 Å². The first-order valence-electron chi connectivity index (χ1n) is 11.5. The molecule has 2 aromatic rings. The Kier molecular flexibility index (Phi) is 8.01. The number of amides is 1. The molecular weight excluding hydrogens is 422 g/mol. The Morgan fingerprint density at radius 1 is 1.42 bits per heavy atom. The second-order valence-corrected chi connectivity index (χ2v) is 8.70. The normalized spacial score (nSPS) is 17.6. The van der Waals surface area contributed by atoms with E-state index in [1.807, 2.05) is 37.3 Å². The van der Waals surface area contributed by atoms with Crippen molar-refractivity contribution in [3.63, 3.8) is 0 Å². The van der Waals surface area contributed by atoms with Crippen LogP contribution in [0.1, 0.15) is 68.8 Å². The Labute approximate surface area is 194 Å². The van der Waals surface area contributed by atoms with Gasteiger partial charge in [-0.3, -0.25) is 9.78 Å². The van der Waals surface area contributed by atoms with Gasteiger partial charge in [0.25, 0.3) is 5.91 Å². The zero-order valence-corrected chi connectivity index (χ0v) is 19.5. The van der Waals surface area contributed by atoms with Crippen LogP contribution in [0, 0.1) is 5.92 Å². The van der Waals surface area contributed by atoms with Gasteiger partial charge in [-0.25, -0.2) is 8.78 Å². The van der Waals surface area contributed by atoms with Crippen molar-refractivity contribution in [2.75, 3.05) is 0 Å². The van der Waals surface area contributed by atoms with Crippen molar-refractivity contribution in [2.24, 2.45) is 5.92 Å². The molecule has 176 valence electrons. The van der Waals surface area contributed by atoms with Crippen molar-refractivity contribution in [3.05, 3.63) is 72.3 Å². The number of pyridine rings is 1. The lowest BCUT2D eigenvalue weighted by Gasteiger charge is -2.27. The van der Waals surface area contributed by atoms with E-state index < -0.39 is 11.8 Å². The van der Waals surface area contributed by atoms with Crippen molar-refractivity contribution in [1.29, 1.82) is 0 Å². The number of fused-ring (bicyclic) bond motifs is 1. The van der Waals surface area contributed by atoms with Gasteiger partial charge in [-0.1, -0.05) is 44.2 Å². The Balaban J connectivity index is 1.73. The summed E-state index contributed by atoms with van der Waals surface area (Å²) in [4.78, 5) is 17.3. The number of hydrogen-bond acceptors (Lipinski definition) is 3. The molecule has 0 aliphatic heterocycles. The molecule has 0 saturated heterocycles. The average molecular weight is 455 g/mol. The van der Waals surface area contributed by atoms with Gasteiger partial charge in [-0.15, -0.1) is 0 Å². The van der Waals surface area contributed by atoms with Crippen LogP contribution in [0.5, 0.6) is 0 Å². The highest BCUT2D eigenvalue weighted by molar-refractivity contribution is 5.99. The van der Waals surface area contributed by atoms with Gasteiger partial charge in [0.2, 0.25) is 5.92 Å². The van der Waals surface area contributed by atoms with Crippen molar-refractivity contribution < 1.29 is 18.3 Å². The van der Waals surface area contributed by atoms with Gasteiger partial charge in [0.15, 0.2) is 0 Å². The van der Waals surface area contributed by atoms with E-state index >= 15 is 0 Å². The Bertz CT molecular complexity index is 1070. The van der Waals surface area contributed by atoms with E-state index in [0.29, 0.717) is 30.6 Å². The predicted octanol–water partition coefficient (Wildman–Crippen LogP) is 7.04. The van der Waals surface area contributed by atoms with Crippen molar-refractivity contribution >= 4 is 22.4 Å². The highest BCUT2D eigenvalue weighted by Gasteiger charge is 2.34. The second kappa shape index (κ2) is 10.7. The number of alkyl halides is 2. The summed E-state index contributed by atoms with van der Waals surface area (Å²) >= 11 is 0. The Morgan fingerprint density at radius 2 is 2.21 bits per heavy atom. The summed E-state index contributed by atoms with van der Waals surface area (Å²) in [6.07, 6.45) is 10.3. The number of rotatable bonds is 9. The number of carbonyl (C=O) groups excluding carboxylic acids is 1. The van der Waals surface area contributed by atoms with Crippen LogP contribution in [-0.4, -0.2) is 22.9 Å². The molecule has 1 aromatic heterocycles. The molecule has 4 nitrogen and oxygen atoms in total. The molecular formula is C27H32F2N2O2. The molecule has 0 radical (unpaired) electrons. The molecule has 3 rings (SSSR count). The van der Waals surface area contributed by atoms with Crippen LogP contribution >= 0.6 is 0 Å². The van der Waals surface area contributed by atoms with E-state index in [0.717, 1.165) is 41.8 Å². The summed E-state index contributed by atoms with van der Waals surface area (Å²) in [5, 5.41) is 3.71. The third-order valence-electron chi connectivity index (χ3n) is 6.05. The van der Waals surface area contributed by atoms with E-state index in [1.165, 1.54) is 0 Å². The largest absolute Gasteiger partial charge is 0.468 e. The number of hydrogen-bond donors (Lipinski definition) is 1. The fourth-order valence-corrected chi connectivity index (χ4v) is 3.92. The van der Waals surface area contributed by atoms with Crippen LogP contribution < -0.4 is 5.32 Å². The maximum absolute atomic E-state index is 13.6. The quantitative estimate of drug-likeness (QED) is 0.414. The standard InChI is InChI=1S/C27H32F2N2O2/c1-5-6-7-15-33-19(3)18(2)31-26(32)22-16-21-9-8-10-24(25(21)30-17-22)20-11-13-23(14-12-20)27(4,28)29/h7-11,15-18,23H,3,5-6,12-14H2,1-2,4H3,(H,31,32)/b15-7-. The molecule has 2 unspecified atom stereocenters. The van der Waals surface area contributed by atoms with Gasteiger partial charge in [0, 0.05) is 23.1 Å². The summed E-state index contributed by atoms with van der Waals surface area (Å²) < 4.78 is 32.8. The predicted molar refractivity (Wildman–Crippen MR) is 129 cm³/mol. The number of halogens is 2. The summed E-state index contributed by atoms with van der Waals surface area (Å²) in [7, 11) is 0. The van der Waals surface area contributed by atoms with E-state index in [4.69, 9.17) is 4.74 Å². The molecule has 33 heavy (non-hydrogen) atoms. The maximum Gasteiger partial charge on any atom is 0.253 e. The summed E-state index contributed by atoms with van der Waals surface area (Å²) in [6, 6.07) is 7.19. The fourth-order valence-electron chi connectivity index (χ4n) is 3.92. The molecule has 1 aliphatic rings. The topological polar surface area (TPSA) is 51.2 Å². The van der Waals surface area contributed by atoms with E-state index in [1.54, 1.807) is 18.5 Å². The van der Waals surface area contributed by atoms with Crippen LogP contribution in [-0.2, 0) is 4.74 Å². The Hall–Kier alpha value is -3.02. The molecule has 2 atom stereocenters. The van der Waals surface area contributed by atoms with Gasteiger partial charge in [-0.2, -0.15) is 0 Å². The van der Waals surface area contributed by atoms with E-state index in [-0.39, 0.29) is 11.9 Å². The molecule has 1 aliphatic carbocycles. The minimum absolute atomic E-state index is 0.269. The Morgan fingerprint density at radius 3 is 2.88 bits per heavy atom. The molecule has 0 bridgehead atoms. The van der Waals surface area contributed by atoms with Gasteiger partial charge in [0.05, 0.1) is 23.4 Å². The van der Waals surface area contributed by atoms with Crippen molar-refractivity contribution in [1.82, 2.24) is 10.3 Å². The first-order chi connectivity index (χ1) is 15.7. The summed E-state index contributed by atoms with van der Waals surface area (Å²) in [5.41, 5.74) is 3.17. The lowest BCUT2D eigenvalue weighted by molar-refractivity contribution is -0.0421. The van der Waals surface area contributed by atoms with Crippen molar-refractivity contribution in [2.45, 2.75) is 64.8 Å². The number of allylic oxidation sites excluding steroid dienone is 3. The third kappa shape index (κ3) is 6.28. The number of carbonyl (C=O) groups is 1. The van der Waals surface area contributed by atoms with Crippen LogP contribution in [0.15, 0.2) is 61.2 Å². The molecule has 1 N–H and O–H groups in total. The number of nitrogens with zero attached hydrogens (tertiary/aromatic N) is 1. The van der Waals surface area contributed by atoms with Gasteiger partial charge in [0.1, 0.15) is 5.76 Å². The van der Waals surface area contributed by atoms with Gasteiger partial charge < -0.3 is 10.1 Å². The fraction of sp³-hybridized carbons (Fsp3) is 0.407. The highest BCUT2D eigenvalue weighted by atomic mass is 19.3.